The molecule has 3 rings (SSSR count). The van der Waals surface area contributed by atoms with Gasteiger partial charge in [-0.25, -0.2) is 0 Å². The van der Waals surface area contributed by atoms with Crippen molar-refractivity contribution in [1.29, 1.82) is 0 Å². The Morgan fingerprint density at radius 3 is 2.32 bits per heavy atom. The molecule has 2 amide bonds. The molecule has 0 saturated carbocycles. The lowest BCUT2D eigenvalue weighted by atomic mass is 10.1. The Labute approximate surface area is 147 Å². The molecule has 0 spiro atoms. The van der Waals surface area contributed by atoms with Crippen LogP contribution >= 0.6 is 0 Å². The zero-order valence-corrected chi connectivity index (χ0v) is 14.3. The average Bonchev–Trinajstić information content (AvgIpc) is 2.62. The summed E-state index contributed by atoms with van der Waals surface area (Å²) in [6.07, 6.45) is 0. The van der Waals surface area contributed by atoms with Crippen LogP contribution in [-0.2, 0) is 4.79 Å². The molecule has 0 aromatic heterocycles. The standard InChI is InChI=1S/C21H20N2O2/c1-15-7-11-19(12-8-15)22-20(24)14-23(2)21(25)18-10-9-16-5-3-4-6-17(16)13-18/h3-13H,14H2,1-2H3,(H,22,24). The van der Waals surface area contributed by atoms with E-state index in [9.17, 15) is 9.59 Å². The number of carbonyl (C=O) groups is 2. The van der Waals surface area contributed by atoms with Gasteiger partial charge in [-0.15, -0.1) is 0 Å². The number of carbonyl (C=O) groups excluding carboxylic acids is 2. The van der Waals surface area contributed by atoms with Crippen LogP contribution in [0.3, 0.4) is 0 Å². The number of fused-ring (bicyclic) bond motifs is 1. The van der Waals surface area contributed by atoms with Crippen molar-refractivity contribution in [2.45, 2.75) is 6.92 Å². The van der Waals surface area contributed by atoms with Crippen molar-refractivity contribution < 1.29 is 9.59 Å². The molecule has 1 N–H and O–H groups in total. The molecular formula is C21H20N2O2. The smallest absolute Gasteiger partial charge is 0.254 e. The number of nitrogens with zero attached hydrogens (tertiary/aromatic N) is 1. The summed E-state index contributed by atoms with van der Waals surface area (Å²) in [4.78, 5) is 26.1. The molecule has 0 bridgehead atoms. The molecule has 3 aromatic carbocycles. The summed E-state index contributed by atoms with van der Waals surface area (Å²) < 4.78 is 0. The highest BCUT2D eigenvalue weighted by atomic mass is 16.2. The number of rotatable bonds is 4. The van der Waals surface area contributed by atoms with Crippen molar-refractivity contribution in [3.05, 3.63) is 77.9 Å². The first-order chi connectivity index (χ1) is 12.0. The maximum atomic E-state index is 12.6. The van der Waals surface area contributed by atoms with Crippen molar-refractivity contribution in [3.8, 4) is 0 Å². The Kier molecular flexibility index (Phi) is 4.80. The molecule has 0 unspecified atom stereocenters. The molecular weight excluding hydrogens is 312 g/mol. The van der Waals surface area contributed by atoms with Crippen LogP contribution in [0.15, 0.2) is 66.7 Å². The topological polar surface area (TPSA) is 49.4 Å². The molecule has 0 heterocycles. The number of hydrogen-bond acceptors (Lipinski definition) is 2. The molecule has 0 fully saturated rings. The number of benzene rings is 3. The Bertz CT molecular complexity index is 917. The van der Waals surface area contributed by atoms with E-state index in [-0.39, 0.29) is 18.4 Å². The summed E-state index contributed by atoms with van der Waals surface area (Å²) in [7, 11) is 1.63. The van der Waals surface area contributed by atoms with Gasteiger partial charge in [-0.3, -0.25) is 9.59 Å². The van der Waals surface area contributed by atoms with Gasteiger partial charge in [0, 0.05) is 18.3 Å². The van der Waals surface area contributed by atoms with Crippen molar-refractivity contribution >= 4 is 28.3 Å². The normalized spacial score (nSPS) is 10.5. The van der Waals surface area contributed by atoms with Crippen molar-refractivity contribution in [2.75, 3.05) is 18.9 Å². The number of nitrogens with one attached hydrogen (secondary N) is 1. The van der Waals surface area contributed by atoms with E-state index in [1.807, 2.05) is 67.6 Å². The van der Waals surface area contributed by atoms with Gasteiger partial charge in [0.2, 0.25) is 5.91 Å². The average molecular weight is 332 g/mol. The molecule has 4 heteroatoms. The Morgan fingerprint density at radius 1 is 0.920 bits per heavy atom. The van der Waals surface area contributed by atoms with Crippen LogP contribution in [0.4, 0.5) is 5.69 Å². The fraction of sp³-hybridized carbons (Fsp3) is 0.143. The van der Waals surface area contributed by atoms with E-state index in [4.69, 9.17) is 0 Å². The summed E-state index contributed by atoms with van der Waals surface area (Å²) in [5, 5.41) is 4.89. The third kappa shape index (κ3) is 4.04. The number of hydrogen-bond donors (Lipinski definition) is 1. The summed E-state index contributed by atoms with van der Waals surface area (Å²) in [5.74, 6) is -0.398. The zero-order chi connectivity index (χ0) is 17.8. The van der Waals surface area contributed by atoms with Crippen molar-refractivity contribution in [3.63, 3.8) is 0 Å². The fourth-order valence-corrected chi connectivity index (χ4v) is 2.67. The quantitative estimate of drug-likeness (QED) is 0.789. The Morgan fingerprint density at radius 2 is 1.60 bits per heavy atom. The van der Waals surface area contributed by atoms with Gasteiger partial charge in [-0.1, -0.05) is 48.0 Å². The third-order valence-electron chi connectivity index (χ3n) is 4.06. The van der Waals surface area contributed by atoms with E-state index in [1.165, 1.54) is 4.90 Å². The number of likely N-dealkylation sites (N-methyl/N-ethyl adjacent to an activating group) is 1. The maximum absolute atomic E-state index is 12.6. The SMILES string of the molecule is Cc1ccc(NC(=O)CN(C)C(=O)c2ccc3ccccc3c2)cc1. The van der Waals surface area contributed by atoms with Gasteiger partial charge < -0.3 is 10.2 Å². The van der Waals surface area contributed by atoms with Crippen LogP contribution in [0.2, 0.25) is 0 Å². The predicted octanol–water partition coefficient (Wildman–Crippen LogP) is 3.86. The number of amides is 2. The van der Waals surface area contributed by atoms with Crippen LogP contribution < -0.4 is 5.32 Å². The van der Waals surface area contributed by atoms with Crippen LogP contribution in [-0.4, -0.2) is 30.3 Å². The molecule has 0 saturated heterocycles. The first-order valence-electron chi connectivity index (χ1n) is 8.14. The van der Waals surface area contributed by atoms with Gasteiger partial charge in [0.25, 0.3) is 5.91 Å². The van der Waals surface area contributed by atoms with E-state index in [0.29, 0.717) is 5.56 Å². The number of anilines is 1. The molecule has 25 heavy (non-hydrogen) atoms. The minimum absolute atomic E-state index is 0.000460. The summed E-state index contributed by atoms with van der Waals surface area (Å²) in [6, 6.07) is 21.0. The minimum atomic E-state index is -0.222. The molecule has 4 nitrogen and oxygen atoms in total. The minimum Gasteiger partial charge on any atom is -0.332 e. The van der Waals surface area contributed by atoms with Crippen LogP contribution in [0, 0.1) is 6.92 Å². The number of aryl methyl sites for hydroxylation is 1. The highest BCUT2D eigenvalue weighted by Crippen LogP contribution is 2.16. The van der Waals surface area contributed by atoms with E-state index in [2.05, 4.69) is 5.32 Å². The summed E-state index contributed by atoms with van der Waals surface area (Å²) >= 11 is 0. The predicted molar refractivity (Wildman–Crippen MR) is 101 cm³/mol. The third-order valence-corrected chi connectivity index (χ3v) is 4.06. The lowest BCUT2D eigenvalue weighted by Gasteiger charge is -2.17. The van der Waals surface area contributed by atoms with E-state index in [1.54, 1.807) is 13.1 Å². The van der Waals surface area contributed by atoms with Gasteiger partial charge in [-0.05, 0) is 42.0 Å². The second-order valence-corrected chi connectivity index (χ2v) is 6.14. The van der Waals surface area contributed by atoms with Gasteiger partial charge in [0.15, 0.2) is 0 Å². The van der Waals surface area contributed by atoms with E-state index in [0.717, 1.165) is 22.0 Å². The fourth-order valence-electron chi connectivity index (χ4n) is 2.67. The second-order valence-electron chi connectivity index (χ2n) is 6.14. The van der Waals surface area contributed by atoms with Gasteiger partial charge in [-0.2, -0.15) is 0 Å². The van der Waals surface area contributed by atoms with E-state index >= 15 is 0 Å². The van der Waals surface area contributed by atoms with Gasteiger partial charge in [0.1, 0.15) is 0 Å². The molecule has 0 aliphatic rings. The zero-order valence-electron chi connectivity index (χ0n) is 14.3. The van der Waals surface area contributed by atoms with Crippen LogP contribution in [0.25, 0.3) is 10.8 Å². The molecule has 0 aliphatic heterocycles. The first-order valence-corrected chi connectivity index (χ1v) is 8.14. The highest BCUT2D eigenvalue weighted by Gasteiger charge is 2.15. The molecule has 3 aromatic rings. The van der Waals surface area contributed by atoms with Gasteiger partial charge >= 0.3 is 0 Å². The van der Waals surface area contributed by atoms with E-state index < -0.39 is 0 Å². The first kappa shape index (κ1) is 16.7. The molecule has 126 valence electrons. The van der Waals surface area contributed by atoms with Crippen LogP contribution in [0.1, 0.15) is 15.9 Å². The molecule has 0 atom stereocenters. The summed E-state index contributed by atoms with van der Waals surface area (Å²) in [6.45, 7) is 1.99. The van der Waals surface area contributed by atoms with Crippen molar-refractivity contribution in [1.82, 2.24) is 4.90 Å². The Hall–Kier alpha value is -3.14. The lowest BCUT2D eigenvalue weighted by molar-refractivity contribution is -0.116. The maximum Gasteiger partial charge on any atom is 0.254 e. The largest absolute Gasteiger partial charge is 0.332 e. The van der Waals surface area contributed by atoms with Crippen molar-refractivity contribution in [2.24, 2.45) is 0 Å². The monoisotopic (exact) mass is 332 g/mol. The second kappa shape index (κ2) is 7.18. The summed E-state index contributed by atoms with van der Waals surface area (Å²) in [5.41, 5.74) is 2.42. The molecule has 0 aliphatic carbocycles. The molecule has 0 radical (unpaired) electrons. The van der Waals surface area contributed by atoms with Crippen LogP contribution in [0.5, 0.6) is 0 Å². The Balaban J connectivity index is 1.66. The highest BCUT2D eigenvalue weighted by molar-refractivity contribution is 6.01. The van der Waals surface area contributed by atoms with Gasteiger partial charge in [0.05, 0.1) is 6.54 Å². The lowest BCUT2D eigenvalue weighted by Crippen LogP contribution is -2.34.